The molecule has 1 atom stereocenters. The number of aryl methyl sites for hydroxylation is 1. The lowest BCUT2D eigenvalue weighted by molar-refractivity contribution is -0.109. The summed E-state index contributed by atoms with van der Waals surface area (Å²) < 4.78 is 18.5. The highest BCUT2D eigenvalue weighted by Crippen LogP contribution is 2.46. The quantitative estimate of drug-likeness (QED) is 0.231. The van der Waals surface area contributed by atoms with Gasteiger partial charge in [0.05, 0.1) is 11.4 Å². The Balaban J connectivity index is 1.51. The summed E-state index contributed by atoms with van der Waals surface area (Å²) in [6.45, 7) is 2.60. The van der Waals surface area contributed by atoms with Gasteiger partial charge < -0.3 is 30.5 Å². The number of hydrogen-bond donors (Lipinski definition) is 2. The molecule has 186 valence electrons. The van der Waals surface area contributed by atoms with Crippen molar-refractivity contribution in [1.82, 2.24) is 0 Å². The van der Waals surface area contributed by atoms with Crippen LogP contribution < -0.4 is 20.9 Å². The molecule has 0 aliphatic carbocycles. The van der Waals surface area contributed by atoms with Crippen LogP contribution >= 0.6 is 0 Å². The van der Waals surface area contributed by atoms with E-state index in [9.17, 15) is 4.79 Å². The number of nitrogens with two attached hydrogens (primary N) is 2. The number of carbonyl (C=O) groups excluding carboxylic acids is 1. The van der Waals surface area contributed by atoms with Crippen molar-refractivity contribution in [2.45, 2.75) is 26.1 Å². The first-order chi connectivity index (χ1) is 18.0. The zero-order valence-corrected chi connectivity index (χ0v) is 20.5. The molecule has 1 unspecified atom stereocenters. The predicted molar refractivity (Wildman–Crippen MR) is 145 cm³/mol. The molecule has 37 heavy (non-hydrogen) atoms. The third kappa shape index (κ3) is 5.14. The smallest absolute Gasteiger partial charge is 0.173 e. The molecule has 4 aromatic rings. The fourth-order valence-electron chi connectivity index (χ4n) is 4.40. The van der Waals surface area contributed by atoms with Gasteiger partial charge in [0, 0.05) is 11.1 Å². The lowest BCUT2D eigenvalue weighted by atomic mass is 9.91. The molecule has 0 saturated carbocycles. The van der Waals surface area contributed by atoms with Crippen LogP contribution in [0.25, 0.3) is 5.76 Å². The lowest BCUT2D eigenvalue weighted by Crippen LogP contribution is -2.19. The molecule has 0 amide bonds. The van der Waals surface area contributed by atoms with Crippen LogP contribution in [0.1, 0.15) is 33.7 Å². The van der Waals surface area contributed by atoms with E-state index in [1.54, 1.807) is 12.1 Å². The van der Waals surface area contributed by atoms with E-state index in [1.807, 2.05) is 85.8 Å². The van der Waals surface area contributed by atoms with Crippen LogP contribution in [0, 0.1) is 6.92 Å². The van der Waals surface area contributed by atoms with Gasteiger partial charge in [-0.05, 0) is 47.9 Å². The highest BCUT2D eigenvalue weighted by atomic mass is 16.5. The summed E-state index contributed by atoms with van der Waals surface area (Å²) in [6.07, 6.45) is 0.862. The second-order valence-corrected chi connectivity index (χ2v) is 8.98. The number of rotatable bonds is 8. The van der Waals surface area contributed by atoms with E-state index in [-0.39, 0.29) is 6.61 Å². The van der Waals surface area contributed by atoms with Gasteiger partial charge in [0.25, 0.3) is 0 Å². The molecule has 4 aromatic carbocycles. The van der Waals surface area contributed by atoms with E-state index in [0.29, 0.717) is 52.1 Å². The van der Waals surface area contributed by atoms with Crippen LogP contribution in [0.15, 0.2) is 96.8 Å². The zero-order chi connectivity index (χ0) is 25.8. The molecule has 1 heterocycles. The molecular weight excluding hydrogens is 464 g/mol. The predicted octanol–water partition coefficient (Wildman–Crippen LogP) is 6.00. The van der Waals surface area contributed by atoms with E-state index < -0.39 is 5.92 Å². The number of fused-ring (bicyclic) bond motifs is 1. The van der Waals surface area contributed by atoms with Crippen molar-refractivity contribution < 1.29 is 19.0 Å². The van der Waals surface area contributed by atoms with Gasteiger partial charge in [0.1, 0.15) is 31.2 Å². The van der Waals surface area contributed by atoms with Crippen LogP contribution in [0.3, 0.4) is 0 Å². The van der Waals surface area contributed by atoms with Gasteiger partial charge in [0.15, 0.2) is 17.3 Å². The van der Waals surface area contributed by atoms with Crippen LogP contribution in [-0.2, 0) is 22.7 Å². The second kappa shape index (κ2) is 10.5. The average Bonchev–Trinajstić information content (AvgIpc) is 2.91. The van der Waals surface area contributed by atoms with Crippen molar-refractivity contribution in [2.75, 3.05) is 11.5 Å². The largest absolute Gasteiger partial charge is 0.488 e. The van der Waals surface area contributed by atoms with E-state index in [0.717, 1.165) is 23.0 Å². The molecule has 6 heteroatoms. The Morgan fingerprint density at radius 1 is 0.811 bits per heavy atom. The monoisotopic (exact) mass is 492 g/mol. The molecule has 0 spiro atoms. The standard InChI is InChI=1S/C31H28N2O4/c1-20-14-24-25(17-34)31(36-19-22-10-6-3-7-11-22)29(37-30(24)27(33)15-20)23-12-13-28(26(32)16-23)35-18-21-8-4-2-5-9-21/h2-17,25H,18-19,32-33H2,1H3. The SMILES string of the molecule is Cc1cc(N)c2c(c1)C(C=O)C(OCc1ccccc1)=C(c1ccc(OCc3ccccc3)c(N)c1)O2. The first-order valence-corrected chi connectivity index (χ1v) is 12.0. The number of anilines is 2. The van der Waals surface area contributed by atoms with Gasteiger partial charge in [-0.2, -0.15) is 0 Å². The summed E-state index contributed by atoms with van der Waals surface area (Å²) in [5, 5.41) is 0. The molecule has 1 aliphatic rings. The highest BCUT2D eigenvalue weighted by molar-refractivity contribution is 5.83. The number of carbonyl (C=O) groups is 1. The zero-order valence-electron chi connectivity index (χ0n) is 20.5. The molecule has 0 bridgehead atoms. The van der Waals surface area contributed by atoms with Crippen molar-refractivity contribution in [3.05, 3.63) is 125 Å². The Morgan fingerprint density at radius 2 is 1.46 bits per heavy atom. The summed E-state index contributed by atoms with van der Waals surface area (Å²) >= 11 is 0. The van der Waals surface area contributed by atoms with Gasteiger partial charge in [0.2, 0.25) is 0 Å². The summed E-state index contributed by atoms with van der Waals surface area (Å²) in [6, 6.07) is 28.7. The van der Waals surface area contributed by atoms with Gasteiger partial charge in [-0.15, -0.1) is 0 Å². The maximum atomic E-state index is 12.4. The topological polar surface area (TPSA) is 96.8 Å². The van der Waals surface area contributed by atoms with E-state index in [1.165, 1.54) is 0 Å². The molecule has 0 aromatic heterocycles. The van der Waals surface area contributed by atoms with Gasteiger partial charge >= 0.3 is 0 Å². The molecule has 1 aliphatic heterocycles. The highest BCUT2D eigenvalue weighted by Gasteiger charge is 2.34. The Morgan fingerprint density at radius 3 is 2.08 bits per heavy atom. The Hall–Kier alpha value is -4.71. The molecule has 6 nitrogen and oxygen atoms in total. The Bertz CT molecular complexity index is 1450. The van der Waals surface area contributed by atoms with Crippen LogP contribution in [0.2, 0.25) is 0 Å². The summed E-state index contributed by atoms with van der Waals surface area (Å²) in [4.78, 5) is 12.4. The first-order valence-electron chi connectivity index (χ1n) is 12.0. The molecule has 5 rings (SSSR count). The molecular formula is C31H28N2O4. The maximum Gasteiger partial charge on any atom is 0.173 e. The number of allylic oxidation sites excluding steroid dienone is 1. The van der Waals surface area contributed by atoms with Gasteiger partial charge in [-0.1, -0.05) is 66.7 Å². The fraction of sp³-hybridized carbons (Fsp3) is 0.129. The van der Waals surface area contributed by atoms with Crippen LogP contribution in [0.5, 0.6) is 11.5 Å². The number of ether oxygens (including phenoxy) is 3. The molecule has 0 radical (unpaired) electrons. The number of hydrogen-bond acceptors (Lipinski definition) is 6. The first kappa shape index (κ1) is 24.0. The van der Waals surface area contributed by atoms with Crippen LogP contribution in [0.4, 0.5) is 11.4 Å². The summed E-state index contributed by atoms with van der Waals surface area (Å²) in [7, 11) is 0. The van der Waals surface area contributed by atoms with Gasteiger partial charge in [-0.3, -0.25) is 0 Å². The van der Waals surface area contributed by atoms with E-state index in [4.69, 9.17) is 25.7 Å². The number of aldehydes is 1. The number of benzene rings is 4. The van der Waals surface area contributed by atoms with Crippen molar-refractivity contribution >= 4 is 23.4 Å². The third-order valence-corrected chi connectivity index (χ3v) is 6.22. The van der Waals surface area contributed by atoms with Crippen molar-refractivity contribution in [3.8, 4) is 11.5 Å². The van der Waals surface area contributed by atoms with Crippen molar-refractivity contribution in [1.29, 1.82) is 0 Å². The molecule has 0 saturated heterocycles. The normalized spacial score (nSPS) is 14.5. The Kier molecular flexibility index (Phi) is 6.81. The summed E-state index contributed by atoms with van der Waals surface area (Å²) in [5.41, 5.74) is 17.9. The third-order valence-electron chi connectivity index (χ3n) is 6.22. The minimum Gasteiger partial charge on any atom is -0.488 e. The summed E-state index contributed by atoms with van der Waals surface area (Å²) in [5.74, 6) is 1.14. The fourth-order valence-corrected chi connectivity index (χ4v) is 4.40. The number of nitrogen functional groups attached to an aromatic ring is 2. The second-order valence-electron chi connectivity index (χ2n) is 8.98. The maximum absolute atomic E-state index is 12.4. The minimum absolute atomic E-state index is 0.276. The molecule has 0 fully saturated rings. The van der Waals surface area contributed by atoms with Gasteiger partial charge in [-0.25, -0.2) is 0 Å². The average molecular weight is 493 g/mol. The van der Waals surface area contributed by atoms with Crippen LogP contribution in [-0.4, -0.2) is 6.29 Å². The van der Waals surface area contributed by atoms with E-state index in [2.05, 4.69) is 0 Å². The van der Waals surface area contributed by atoms with Crippen molar-refractivity contribution in [2.24, 2.45) is 0 Å². The molecule has 4 N–H and O–H groups in total. The lowest BCUT2D eigenvalue weighted by Gasteiger charge is -2.29. The van der Waals surface area contributed by atoms with E-state index >= 15 is 0 Å². The Labute approximate surface area is 216 Å². The minimum atomic E-state index is -0.681. The van der Waals surface area contributed by atoms with Crippen molar-refractivity contribution in [3.63, 3.8) is 0 Å².